The lowest BCUT2D eigenvalue weighted by Gasteiger charge is -2.12. The van der Waals surface area contributed by atoms with Gasteiger partial charge in [0.25, 0.3) is 0 Å². The first-order valence-corrected chi connectivity index (χ1v) is 5.83. The van der Waals surface area contributed by atoms with E-state index < -0.39 is 6.61 Å². The Balaban J connectivity index is 1.82. The summed E-state index contributed by atoms with van der Waals surface area (Å²) < 4.78 is 33.2. The van der Waals surface area contributed by atoms with Crippen LogP contribution in [-0.4, -0.2) is 31.9 Å². The minimum Gasteiger partial charge on any atom is -0.435 e. The molecule has 0 saturated carbocycles. The molecule has 1 aliphatic rings. The first-order valence-electron chi connectivity index (χ1n) is 5.83. The number of amides is 2. The van der Waals surface area contributed by atoms with Crippen LogP contribution >= 0.6 is 0 Å². The molecule has 104 valence electrons. The van der Waals surface area contributed by atoms with E-state index in [1.807, 2.05) is 0 Å². The van der Waals surface area contributed by atoms with Crippen LogP contribution in [0.25, 0.3) is 0 Å². The van der Waals surface area contributed by atoms with Crippen molar-refractivity contribution in [1.82, 2.24) is 5.32 Å². The molecule has 0 aliphatic carbocycles. The average Bonchev–Trinajstić information content (AvgIpc) is 2.83. The largest absolute Gasteiger partial charge is 0.435 e. The van der Waals surface area contributed by atoms with Gasteiger partial charge in [-0.2, -0.15) is 8.78 Å². The second kappa shape index (κ2) is 6.33. The van der Waals surface area contributed by atoms with Crippen LogP contribution in [0, 0.1) is 0 Å². The fraction of sp³-hybridized carbons (Fsp3) is 0.417. The van der Waals surface area contributed by atoms with Gasteiger partial charge >= 0.3 is 12.6 Å². The zero-order valence-electron chi connectivity index (χ0n) is 10.1. The van der Waals surface area contributed by atoms with E-state index in [0.29, 0.717) is 18.9 Å². The summed E-state index contributed by atoms with van der Waals surface area (Å²) in [4.78, 5) is 11.6. The first-order chi connectivity index (χ1) is 9.13. The zero-order chi connectivity index (χ0) is 13.7. The zero-order valence-corrected chi connectivity index (χ0v) is 10.1. The maximum Gasteiger partial charge on any atom is 0.387 e. The van der Waals surface area contributed by atoms with Crippen molar-refractivity contribution in [2.45, 2.75) is 19.1 Å². The molecular weight excluding hydrogens is 258 g/mol. The topological polar surface area (TPSA) is 59.6 Å². The standard InChI is InChI=1S/C12H14F2N2O3/c13-11(14)19-10-3-1-8(2-4-10)15-12(17)16-9-5-6-18-7-9/h1-4,9,11H,5-7H2,(H2,15,16,17). The third kappa shape index (κ3) is 4.36. The quantitative estimate of drug-likeness (QED) is 0.883. The van der Waals surface area contributed by atoms with Crippen molar-refractivity contribution >= 4 is 11.7 Å². The molecule has 0 spiro atoms. The minimum absolute atomic E-state index is 0.0152. The number of carbonyl (C=O) groups is 1. The number of carbonyl (C=O) groups excluding carboxylic acids is 1. The van der Waals surface area contributed by atoms with Gasteiger partial charge in [0.1, 0.15) is 5.75 Å². The predicted molar refractivity (Wildman–Crippen MR) is 64.5 cm³/mol. The molecular formula is C12H14F2N2O3. The van der Waals surface area contributed by atoms with Gasteiger partial charge in [-0.15, -0.1) is 0 Å². The summed E-state index contributed by atoms with van der Waals surface area (Å²) in [6.45, 7) is -1.70. The van der Waals surface area contributed by atoms with Crippen LogP contribution in [0.1, 0.15) is 6.42 Å². The van der Waals surface area contributed by atoms with Crippen LogP contribution in [0.2, 0.25) is 0 Å². The number of nitrogens with one attached hydrogen (secondary N) is 2. The Labute approximate surface area is 108 Å². The van der Waals surface area contributed by atoms with Gasteiger partial charge < -0.3 is 20.1 Å². The number of ether oxygens (including phenoxy) is 2. The van der Waals surface area contributed by atoms with Crippen molar-refractivity contribution in [1.29, 1.82) is 0 Å². The van der Waals surface area contributed by atoms with E-state index in [4.69, 9.17) is 4.74 Å². The molecule has 1 aliphatic heterocycles. The molecule has 0 aromatic heterocycles. The summed E-state index contributed by atoms with van der Waals surface area (Å²) in [6, 6.07) is 5.37. The van der Waals surface area contributed by atoms with Gasteiger partial charge in [0.2, 0.25) is 0 Å². The molecule has 7 heteroatoms. The van der Waals surface area contributed by atoms with Crippen molar-refractivity contribution < 1.29 is 23.0 Å². The van der Waals surface area contributed by atoms with Gasteiger partial charge in [0, 0.05) is 12.3 Å². The van der Waals surface area contributed by atoms with Crippen molar-refractivity contribution in [2.24, 2.45) is 0 Å². The third-order valence-electron chi connectivity index (χ3n) is 2.60. The smallest absolute Gasteiger partial charge is 0.387 e. The highest BCUT2D eigenvalue weighted by molar-refractivity contribution is 5.89. The molecule has 0 radical (unpaired) electrons. The lowest BCUT2D eigenvalue weighted by Crippen LogP contribution is -2.38. The fourth-order valence-corrected chi connectivity index (χ4v) is 1.72. The van der Waals surface area contributed by atoms with Crippen LogP contribution in [0.15, 0.2) is 24.3 Å². The molecule has 1 aromatic rings. The average molecular weight is 272 g/mol. The van der Waals surface area contributed by atoms with E-state index in [1.165, 1.54) is 24.3 Å². The molecule has 0 bridgehead atoms. The van der Waals surface area contributed by atoms with Gasteiger partial charge in [0.05, 0.1) is 12.6 Å². The van der Waals surface area contributed by atoms with Crippen molar-refractivity contribution in [3.8, 4) is 5.75 Å². The molecule has 2 N–H and O–H groups in total. The normalized spacial score (nSPS) is 18.4. The molecule has 1 aromatic carbocycles. The highest BCUT2D eigenvalue weighted by Crippen LogP contribution is 2.17. The summed E-state index contributed by atoms with van der Waals surface area (Å²) in [7, 11) is 0. The highest BCUT2D eigenvalue weighted by Gasteiger charge is 2.17. The monoisotopic (exact) mass is 272 g/mol. The summed E-state index contributed by atoms with van der Waals surface area (Å²) in [5.41, 5.74) is 0.498. The number of urea groups is 1. The fourth-order valence-electron chi connectivity index (χ4n) is 1.72. The van der Waals surface area contributed by atoms with Crippen LogP contribution in [0.4, 0.5) is 19.3 Å². The Kier molecular flexibility index (Phi) is 4.51. The number of rotatable bonds is 4. The van der Waals surface area contributed by atoms with Gasteiger partial charge in [-0.1, -0.05) is 0 Å². The molecule has 1 heterocycles. The molecule has 5 nitrogen and oxygen atoms in total. The van der Waals surface area contributed by atoms with Gasteiger partial charge in [-0.05, 0) is 30.7 Å². The van der Waals surface area contributed by atoms with Crippen molar-refractivity contribution in [3.05, 3.63) is 24.3 Å². The van der Waals surface area contributed by atoms with Gasteiger partial charge in [-0.25, -0.2) is 4.79 Å². The van der Waals surface area contributed by atoms with E-state index in [2.05, 4.69) is 15.4 Å². The Bertz CT molecular complexity index is 419. The second-order valence-corrected chi connectivity index (χ2v) is 4.06. The second-order valence-electron chi connectivity index (χ2n) is 4.06. The van der Waals surface area contributed by atoms with Crippen molar-refractivity contribution in [3.63, 3.8) is 0 Å². The molecule has 1 fully saturated rings. The number of benzene rings is 1. The Morgan fingerprint density at radius 1 is 1.37 bits per heavy atom. The lowest BCUT2D eigenvalue weighted by molar-refractivity contribution is -0.0498. The molecule has 1 atom stereocenters. The van der Waals surface area contributed by atoms with Crippen molar-refractivity contribution in [2.75, 3.05) is 18.5 Å². The van der Waals surface area contributed by atoms with E-state index in [0.717, 1.165) is 6.42 Å². The number of alkyl halides is 2. The Morgan fingerprint density at radius 2 is 2.11 bits per heavy atom. The molecule has 19 heavy (non-hydrogen) atoms. The summed E-state index contributed by atoms with van der Waals surface area (Å²) in [5, 5.41) is 5.35. The van der Waals surface area contributed by atoms with E-state index in [9.17, 15) is 13.6 Å². The third-order valence-corrected chi connectivity index (χ3v) is 2.60. The maximum atomic E-state index is 11.9. The molecule has 1 unspecified atom stereocenters. The number of halogens is 2. The molecule has 2 rings (SSSR count). The van der Waals surface area contributed by atoms with Gasteiger partial charge in [0.15, 0.2) is 0 Å². The number of anilines is 1. The minimum atomic E-state index is -2.86. The van der Waals surface area contributed by atoms with Crippen LogP contribution in [0.5, 0.6) is 5.75 Å². The Hall–Kier alpha value is -1.89. The maximum absolute atomic E-state index is 11.9. The van der Waals surface area contributed by atoms with E-state index >= 15 is 0 Å². The van der Waals surface area contributed by atoms with Gasteiger partial charge in [-0.3, -0.25) is 0 Å². The van der Waals surface area contributed by atoms with Crippen LogP contribution in [0.3, 0.4) is 0 Å². The van der Waals surface area contributed by atoms with Crippen LogP contribution in [-0.2, 0) is 4.74 Å². The summed E-state index contributed by atoms with van der Waals surface area (Å²) in [6.07, 6.45) is 0.786. The molecule has 2 amide bonds. The highest BCUT2D eigenvalue weighted by atomic mass is 19.3. The first kappa shape index (κ1) is 13.5. The SMILES string of the molecule is O=C(Nc1ccc(OC(F)F)cc1)NC1CCOC1. The van der Waals surface area contributed by atoms with E-state index in [1.54, 1.807) is 0 Å². The summed E-state index contributed by atoms with van der Waals surface area (Å²) in [5.74, 6) is 0.0464. The Morgan fingerprint density at radius 3 is 2.68 bits per heavy atom. The number of hydrogen-bond acceptors (Lipinski definition) is 3. The molecule has 1 saturated heterocycles. The summed E-state index contributed by atoms with van der Waals surface area (Å²) >= 11 is 0. The predicted octanol–water partition coefficient (Wildman–Crippen LogP) is 2.20. The lowest BCUT2D eigenvalue weighted by atomic mass is 10.2. The van der Waals surface area contributed by atoms with Crippen LogP contribution < -0.4 is 15.4 Å². The number of hydrogen-bond donors (Lipinski definition) is 2. The van der Waals surface area contributed by atoms with E-state index in [-0.39, 0.29) is 17.8 Å².